The Morgan fingerprint density at radius 3 is 2.22 bits per heavy atom. The van der Waals surface area contributed by atoms with Crippen molar-refractivity contribution in [3.05, 3.63) is 34.9 Å². The number of hydrogen-bond donors (Lipinski definition) is 2. The van der Waals surface area contributed by atoms with Gasteiger partial charge in [-0.25, -0.2) is 4.79 Å². The highest BCUT2D eigenvalue weighted by Crippen LogP contribution is 2.27. The zero-order chi connectivity index (χ0) is 24.6. The summed E-state index contributed by atoms with van der Waals surface area (Å²) in [6.45, 7) is 16.7. The molecule has 32 heavy (non-hydrogen) atoms. The van der Waals surface area contributed by atoms with Gasteiger partial charge in [0.05, 0.1) is 0 Å². The maximum Gasteiger partial charge on any atom is 0.408 e. The zero-order valence-electron chi connectivity index (χ0n) is 21.2. The Labute approximate surface area is 193 Å². The predicted octanol–water partition coefficient (Wildman–Crippen LogP) is 4.41. The van der Waals surface area contributed by atoms with Crippen LogP contribution in [0.2, 0.25) is 0 Å². The van der Waals surface area contributed by atoms with Crippen LogP contribution in [0.4, 0.5) is 4.79 Å². The van der Waals surface area contributed by atoms with E-state index in [1.807, 2.05) is 52.8 Å². The van der Waals surface area contributed by atoms with Crippen molar-refractivity contribution in [2.24, 2.45) is 0 Å². The number of benzene rings is 1. The monoisotopic (exact) mass is 447 g/mol. The van der Waals surface area contributed by atoms with Gasteiger partial charge in [0.1, 0.15) is 18.2 Å². The van der Waals surface area contributed by atoms with Gasteiger partial charge < -0.3 is 20.3 Å². The smallest absolute Gasteiger partial charge is 0.408 e. The average Bonchev–Trinajstić information content (AvgIpc) is 2.63. The molecule has 1 rings (SSSR count). The molecule has 0 fully saturated rings. The van der Waals surface area contributed by atoms with Crippen LogP contribution >= 0.6 is 0 Å². The Morgan fingerprint density at radius 2 is 1.72 bits per heavy atom. The average molecular weight is 448 g/mol. The zero-order valence-corrected chi connectivity index (χ0v) is 21.2. The van der Waals surface area contributed by atoms with Crippen molar-refractivity contribution in [2.75, 3.05) is 6.54 Å². The van der Waals surface area contributed by atoms with E-state index < -0.39 is 17.7 Å². The number of alkyl carbamates (subject to hydrolysis) is 1. The summed E-state index contributed by atoms with van der Waals surface area (Å²) < 4.78 is 5.23. The van der Waals surface area contributed by atoms with Gasteiger partial charge in [0.25, 0.3) is 0 Å². The maximum absolute atomic E-state index is 13.4. The summed E-state index contributed by atoms with van der Waals surface area (Å²) in [6, 6.07) is 4.78. The van der Waals surface area contributed by atoms with Crippen LogP contribution in [0.5, 0.6) is 0 Å². The number of nitrogens with zero attached hydrogens (tertiary/aromatic N) is 1. The molecule has 2 unspecified atom stereocenters. The van der Waals surface area contributed by atoms with E-state index in [9.17, 15) is 14.4 Å². The number of ether oxygens (including phenoxy) is 1. The molecule has 0 saturated heterocycles. The molecule has 0 aliphatic heterocycles. The Morgan fingerprint density at radius 1 is 1.09 bits per heavy atom. The SMILES string of the molecule is CCCC(C)NC(=O)C(c1ccc(C)cc1C)N(C(=O)CNC(=O)OC(C)(C)C)C(C)C. The highest BCUT2D eigenvalue weighted by Gasteiger charge is 2.35. The Hall–Kier alpha value is -2.57. The van der Waals surface area contributed by atoms with E-state index in [0.717, 1.165) is 29.5 Å². The van der Waals surface area contributed by atoms with Gasteiger partial charge in [-0.15, -0.1) is 0 Å². The van der Waals surface area contributed by atoms with Crippen LogP contribution < -0.4 is 10.6 Å². The highest BCUT2D eigenvalue weighted by atomic mass is 16.6. The van der Waals surface area contributed by atoms with Crippen LogP contribution in [-0.2, 0) is 14.3 Å². The minimum Gasteiger partial charge on any atom is -0.444 e. The molecule has 0 saturated carbocycles. The molecule has 1 aromatic rings. The molecule has 0 aliphatic rings. The van der Waals surface area contributed by atoms with Gasteiger partial charge in [0, 0.05) is 12.1 Å². The van der Waals surface area contributed by atoms with Crippen molar-refractivity contribution in [2.45, 2.75) is 98.9 Å². The lowest BCUT2D eigenvalue weighted by Gasteiger charge is -2.36. The first-order valence-electron chi connectivity index (χ1n) is 11.4. The molecule has 0 heterocycles. The van der Waals surface area contributed by atoms with Crippen molar-refractivity contribution < 1.29 is 19.1 Å². The molecular weight excluding hydrogens is 406 g/mol. The number of amides is 3. The second kappa shape index (κ2) is 11.9. The third kappa shape index (κ3) is 8.52. The summed E-state index contributed by atoms with van der Waals surface area (Å²) in [7, 11) is 0. The maximum atomic E-state index is 13.4. The number of hydrogen-bond acceptors (Lipinski definition) is 4. The molecular formula is C25H41N3O4. The van der Waals surface area contributed by atoms with Crippen LogP contribution in [0.3, 0.4) is 0 Å². The Balaban J connectivity index is 3.25. The van der Waals surface area contributed by atoms with Crippen molar-refractivity contribution in [1.29, 1.82) is 0 Å². The lowest BCUT2D eigenvalue weighted by Crippen LogP contribution is -2.51. The van der Waals surface area contributed by atoms with Gasteiger partial charge in [0.15, 0.2) is 0 Å². The van der Waals surface area contributed by atoms with Crippen molar-refractivity contribution in [3.8, 4) is 0 Å². The molecule has 0 radical (unpaired) electrons. The highest BCUT2D eigenvalue weighted by molar-refractivity contribution is 5.91. The summed E-state index contributed by atoms with van der Waals surface area (Å²) in [5, 5.41) is 5.58. The predicted molar refractivity (Wildman–Crippen MR) is 127 cm³/mol. The van der Waals surface area contributed by atoms with E-state index >= 15 is 0 Å². The Bertz CT molecular complexity index is 799. The summed E-state index contributed by atoms with van der Waals surface area (Å²) in [4.78, 5) is 40.3. The number of carbonyl (C=O) groups excluding carboxylic acids is 3. The quantitative estimate of drug-likeness (QED) is 0.587. The molecule has 0 spiro atoms. The first-order valence-corrected chi connectivity index (χ1v) is 11.4. The van der Waals surface area contributed by atoms with E-state index in [4.69, 9.17) is 4.74 Å². The normalized spacial score (nSPS) is 13.3. The molecule has 180 valence electrons. The van der Waals surface area contributed by atoms with Gasteiger partial charge in [0.2, 0.25) is 11.8 Å². The summed E-state index contributed by atoms with van der Waals surface area (Å²) in [5.41, 5.74) is 2.13. The van der Waals surface area contributed by atoms with Crippen molar-refractivity contribution >= 4 is 17.9 Å². The molecule has 3 amide bonds. The third-order valence-corrected chi connectivity index (χ3v) is 4.98. The fraction of sp³-hybridized carbons (Fsp3) is 0.640. The van der Waals surface area contributed by atoms with E-state index in [-0.39, 0.29) is 30.4 Å². The van der Waals surface area contributed by atoms with E-state index in [2.05, 4.69) is 17.6 Å². The number of nitrogens with one attached hydrogen (secondary N) is 2. The standard InChI is InChI=1S/C25H41N3O4/c1-10-11-19(6)27-23(30)22(20-13-12-17(4)14-18(20)5)28(16(2)3)21(29)15-26-24(31)32-25(7,8)9/h12-14,16,19,22H,10-11,15H2,1-9H3,(H,26,31)(H,27,30). The molecule has 0 aromatic heterocycles. The number of carbonyl (C=O) groups is 3. The summed E-state index contributed by atoms with van der Waals surface area (Å²) >= 11 is 0. The summed E-state index contributed by atoms with van der Waals surface area (Å²) in [5.74, 6) is -0.577. The lowest BCUT2D eigenvalue weighted by molar-refractivity contribution is -0.142. The van der Waals surface area contributed by atoms with Crippen LogP contribution in [0.1, 0.15) is 84.0 Å². The molecule has 7 heteroatoms. The molecule has 0 aliphatic carbocycles. The minimum absolute atomic E-state index is 0.00948. The first kappa shape index (κ1) is 27.5. The molecule has 1 aromatic carbocycles. The fourth-order valence-corrected chi connectivity index (χ4v) is 3.66. The fourth-order valence-electron chi connectivity index (χ4n) is 3.66. The van der Waals surface area contributed by atoms with Crippen LogP contribution in [0, 0.1) is 13.8 Å². The van der Waals surface area contributed by atoms with Gasteiger partial charge >= 0.3 is 6.09 Å². The van der Waals surface area contributed by atoms with Crippen molar-refractivity contribution in [3.63, 3.8) is 0 Å². The van der Waals surface area contributed by atoms with Gasteiger partial charge in [-0.3, -0.25) is 9.59 Å². The minimum atomic E-state index is -0.803. The van der Waals surface area contributed by atoms with E-state index in [1.54, 1.807) is 25.7 Å². The molecule has 2 N–H and O–H groups in total. The molecule has 0 bridgehead atoms. The van der Waals surface area contributed by atoms with E-state index in [0.29, 0.717) is 0 Å². The Kier molecular flexibility index (Phi) is 10.2. The van der Waals surface area contributed by atoms with Gasteiger partial charge in [-0.1, -0.05) is 37.1 Å². The first-order chi connectivity index (χ1) is 14.8. The van der Waals surface area contributed by atoms with Crippen LogP contribution in [0.15, 0.2) is 18.2 Å². The van der Waals surface area contributed by atoms with Crippen molar-refractivity contribution in [1.82, 2.24) is 15.5 Å². The van der Waals surface area contributed by atoms with Crippen LogP contribution in [-0.4, -0.2) is 47.0 Å². The van der Waals surface area contributed by atoms with Crippen LogP contribution in [0.25, 0.3) is 0 Å². The third-order valence-electron chi connectivity index (χ3n) is 4.98. The number of rotatable bonds is 9. The van der Waals surface area contributed by atoms with Gasteiger partial charge in [-0.2, -0.15) is 0 Å². The lowest BCUT2D eigenvalue weighted by atomic mass is 9.95. The number of aryl methyl sites for hydroxylation is 2. The topological polar surface area (TPSA) is 87.7 Å². The second-order valence-corrected chi connectivity index (χ2v) is 9.71. The summed E-state index contributed by atoms with van der Waals surface area (Å²) in [6.07, 6.45) is 1.13. The van der Waals surface area contributed by atoms with Gasteiger partial charge in [-0.05, 0) is 72.9 Å². The molecule has 2 atom stereocenters. The van der Waals surface area contributed by atoms with E-state index in [1.165, 1.54) is 0 Å². The second-order valence-electron chi connectivity index (χ2n) is 9.71. The largest absolute Gasteiger partial charge is 0.444 e. The molecule has 7 nitrogen and oxygen atoms in total.